The van der Waals surface area contributed by atoms with E-state index in [0.717, 1.165) is 40.3 Å². The molecule has 28 heavy (non-hydrogen) atoms. The fourth-order valence-electron chi connectivity index (χ4n) is 3.94. The number of benzene rings is 2. The van der Waals surface area contributed by atoms with E-state index in [4.69, 9.17) is 4.74 Å². The van der Waals surface area contributed by atoms with Gasteiger partial charge in [-0.2, -0.15) is 0 Å². The van der Waals surface area contributed by atoms with Crippen molar-refractivity contribution < 1.29 is 9.53 Å². The molecule has 1 atom stereocenters. The molecule has 0 unspecified atom stereocenters. The van der Waals surface area contributed by atoms with Gasteiger partial charge in [-0.15, -0.1) is 11.3 Å². The van der Waals surface area contributed by atoms with Gasteiger partial charge in [0.15, 0.2) is 0 Å². The zero-order chi connectivity index (χ0) is 18.9. The van der Waals surface area contributed by atoms with Gasteiger partial charge >= 0.3 is 0 Å². The molecule has 142 valence electrons. The van der Waals surface area contributed by atoms with Gasteiger partial charge in [-0.05, 0) is 54.5 Å². The molecule has 0 spiro atoms. The topological polar surface area (TPSA) is 50.4 Å². The summed E-state index contributed by atoms with van der Waals surface area (Å²) in [7, 11) is 0. The Labute approximate surface area is 168 Å². The van der Waals surface area contributed by atoms with Gasteiger partial charge in [0, 0.05) is 4.88 Å². The lowest BCUT2D eigenvalue weighted by molar-refractivity contribution is 0.0935. The van der Waals surface area contributed by atoms with E-state index >= 15 is 0 Å². The monoisotopic (exact) mass is 390 g/mol. The predicted molar refractivity (Wildman–Crippen MR) is 112 cm³/mol. The fraction of sp³-hybridized carbons (Fsp3) is 0.261. The van der Waals surface area contributed by atoms with E-state index in [1.165, 1.54) is 23.3 Å². The van der Waals surface area contributed by atoms with Crippen molar-refractivity contribution in [2.45, 2.75) is 38.5 Å². The van der Waals surface area contributed by atoms with E-state index in [9.17, 15) is 4.79 Å². The quantitative estimate of drug-likeness (QED) is 0.655. The van der Waals surface area contributed by atoms with Gasteiger partial charge in [-0.1, -0.05) is 42.5 Å². The number of carbonyl (C=O) groups is 1. The van der Waals surface area contributed by atoms with Crippen LogP contribution in [0.4, 0.5) is 5.00 Å². The van der Waals surface area contributed by atoms with Crippen molar-refractivity contribution in [2.75, 3.05) is 5.32 Å². The molecular formula is C23H22N2O2S. The van der Waals surface area contributed by atoms with Gasteiger partial charge in [-0.3, -0.25) is 4.79 Å². The normalized spacial score (nSPS) is 17.9. The Hall–Kier alpha value is -2.79. The Kier molecular flexibility index (Phi) is 4.53. The van der Waals surface area contributed by atoms with Crippen LogP contribution in [0.1, 0.15) is 50.9 Å². The Bertz CT molecular complexity index is 995. The number of hydrogen-bond donors (Lipinski definition) is 2. The zero-order valence-corrected chi connectivity index (χ0v) is 16.4. The lowest BCUT2D eigenvalue weighted by Gasteiger charge is -2.27. The Morgan fingerprint density at radius 1 is 0.964 bits per heavy atom. The van der Waals surface area contributed by atoms with E-state index < -0.39 is 0 Å². The van der Waals surface area contributed by atoms with Crippen LogP contribution in [0.15, 0.2) is 54.6 Å². The standard InChI is InChI=1S/C23H22N2O2S/c26-22-20-18-8-4-5-9-19(18)28-23(20)25-21(24-22)16-10-12-17(13-11-16)27-14-15-6-2-1-3-7-15/h1-3,6-7,10-13,21,25H,4-5,8-9,14H2,(H,24,26)/t21-/m0/s1. The maximum absolute atomic E-state index is 12.8. The van der Waals surface area contributed by atoms with Crippen molar-refractivity contribution in [2.24, 2.45) is 0 Å². The number of anilines is 1. The highest BCUT2D eigenvalue weighted by molar-refractivity contribution is 7.16. The van der Waals surface area contributed by atoms with Crippen LogP contribution < -0.4 is 15.4 Å². The molecule has 0 radical (unpaired) electrons. The van der Waals surface area contributed by atoms with Crippen LogP contribution in [0, 0.1) is 0 Å². The summed E-state index contributed by atoms with van der Waals surface area (Å²) in [6.45, 7) is 0.544. The van der Waals surface area contributed by atoms with Crippen molar-refractivity contribution in [3.8, 4) is 5.75 Å². The highest BCUT2D eigenvalue weighted by Crippen LogP contribution is 2.41. The SMILES string of the molecule is O=C1N[C@H](c2ccc(OCc3ccccc3)cc2)Nc2sc3c(c21)CCCC3. The minimum Gasteiger partial charge on any atom is -0.489 e. The first-order valence-electron chi connectivity index (χ1n) is 9.76. The molecule has 3 aromatic rings. The molecule has 2 heterocycles. The first kappa shape index (κ1) is 17.3. The Morgan fingerprint density at radius 3 is 2.57 bits per heavy atom. The molecule has 0 saturated heterocycles. The van der Waals surface area contributed by atoms with Crippen LogP contribution in [0.25, 0.3) is 0 Å². The smallest absolute Gasteiger partial charge is 0.256 e. The minimum absolute atomic E-state index is 0.0440. The summed E-state index contributed by atoms with van der Waals surface area (Å²) in [5, 5.41) is 7.66. The van der Waals surface area contributed by atoms with Gasteiger partial charge in [-0.25, -0.2) is 0 Å². The number of carbonyl (C=O) groups excluding carboxylic acids is 1. The van der Waals surface area contributed by atoms with E-state index in [1.807, 2.05) is 54.6 Å². The number of aryl methyl sites for hydroxylation is 1. The third-order valence-electron chi connectivity index (χ3n) is 5.41. The van der Waals surface area contributed by atoms with Crippen LogP contribution in [-0.2, 0) is 19.4 Å². The van der Waals surface area contributed by atoms with Crippen molar-refractivity contribution >= 4 is 22.2 Å². The molecule has 2 aromatic carbocycles. The van der Waals surface area contributed by atoms with Gasteiger partial charge in [0.25, 0.3) is 5.91 Å². The molecule has 0 fully saturated rings. The molecule has 2 N–H and O–H groups in total. The summed E-state index contributed by atoms with van der Waals surface area (Å²) < 4.78 is 5.86. The first-order valence-corrected chi connectivity index (χ1v) is 10.6. The molecule has 0 saturated carbocycles. The maximum Gasteiger partial charge on any atom is 0.256 e. The van der Waals surface area contributed by atoms with E-state index in [-0.39, 0.29) is 12.1 Å². The van der Waals surface area contributed by atoms with Gasteiger partial charge in [0.2, 0.25) is 0 Å². The summed E-state index contributed by atoms with van der Waals surface area (Å²) in [5.41, 5.74) is 4.30. The molecule has 0 bridgehead atoms. The zero-order valence-electron chi connectivity index (χ0n) is 15.5. The number of nitrogens with one attached hydrogen (secondary N) is 2. The number of rotatable bonds is 4. The fourth-order valence-corrected chi connectivity index (χ4v) is 5.26. The summed E-state index contributed by atoms with van der Waals surface area (Å²) in [6.07, 6.45) is 4.32. The van der Waals surface area contributed by atoms with Crippen LogP contribution in [0.2, 0.25) is 0 Å². The number of amides is 1. The molecule has 4 nitrogen and oxygen atoms in total. The van der Waals surface area contributed by atoms with Crippen molar-refractivity contribution in [1.29, 1.82) is 0 Å². The number of thiophene rings is 1. The molecule has 5 rings (SSSR count). The number of ether oxygens (including phenoxy) is 1. The van der Waals surface area contributed by atoms with Crippen LogP contribution in [0.3, 0.4) is 0 Å². The van der Waals surface area contributed by atoms with Gasteiger partial charge in [0.05, 0.1) is 5.56 Å². The largest absolute Gasteiger partial charge is 0.489 e. The summed E-state index contributed by atoms with van der Waals surface area (Å²) in [6, 6.07) is 18.1. The summed E-state index contributed by atoms with van der Waals surface area (Å²) >= 11 is 1.75. The second-order valence-electron chi connectivity index (χ2n) is 7.31. The molecular weight excluding hydrogens is 368 g/mol. The number of hydrogen-bond acceptors (Lipinski definition) is 4. The lowest BCUT2D eigenvalue weighted by Crippen LogP contribution is -2.38. The van der Waals surface area contributed by atoms with E-state index in [1.54, 1.807) is 11.3 Å². The molecule has 5 heteroatoms. The molecule has 1 aliphatic carbocycles. The van der Waals surface area contributed by atoms with Crippen LogP contribution in [0.5, 0.6) is 5.75 Å². The van der Waals surface area contributed by atoms with Gasteiger partial charge in [0.1, 0.15) is 23.5 Å². The third kappa shape index (κ3) is 3.27. The highest BCUT2D eigenvalue weighted by atomic mass is 32.1. The first-order chi connectivity index (χ1) is 13.8. The molecule has 2 aliphatic rings. The van der Waals surface area contributed by atoms with Crippen LogP contribution in [-0.4, -0.2) is 5.91 Å². The number of fused-ring (bicyclic) bond motifs is 3. The lowest BCUT2D eigenvalue weighted by atomic mass is 9.94. The van der Waals surface area contributed by atoms with Gasteiger partial charge < -0.3 is 15.4 Å². The second kappa shape index (κ2) is 7.32. The Balaban J connectivity index is 1.30. The highest BCUT2D eigenvalue weighted by Gasteiger charge is 2.31. The average molecular weight is 391 g/mol. The molecule has 1 amide bonds. The average Bonchev–Trinajstić information content (AvgIpc) is 3.12. The predicted octanol–water partition coefficient (Wildman–Crippen LogP) is 5.06. The Morgan fingerprint density at radius 2 is 1.75 bits per heavy atom. The second-order valence-corrected chi connectivity index (χ2v) is 8.41. The van der Waals surface area contributed by atoms with Crippen molar-refractivity contribution in [3.63, 3.8) is 0 Å². The van der Waals surface area contributed by atoms with E-state index in [0.29, 0.717) is 6.61 Å². The van der Waals surface area contributed by atoms with Crippen molar-refractivity contribution in [1.82, 2.24) is 5.32 Å². The summed E-state index contributed by atoms with van der Waals surface area (Å²) in [4.78, 5) is 14.1. The van der Waals surface area contributed by atoms with E-state index in [2.05, 4.69) is 10.6 Å². The van der Waals surface area contributed by atoms with Crippen LogP contribution >= 0.6 is 11.3 Å². The molecule has 1 aromatic heterocycles. The van der Waals surface area contributed by atoms with Crippen molar-refractivity contribution in [3.05, 3.63) is 81.7 Å². The summed E-state index contributed by atoms with van der Waals surface area (Å²) in [5.74, 6) is 0.865. The molecule has 1 aliphatic heterocycles. The third-order valence-corrected chi connectivity index (χ3v) is 6.63. The maximum atomic E-state index is 12.8. The minimum atomic E-state index is -0.205.